The standard InChI is InChI=1S/C13H10BrIN2O/c1-8-4-2-5-9(11(8)15)13(18)17-10-6-3-7-16-12(10)14/h2-7H,1H3,(H,17,18). The molecule has 0 radical (unpaired) electrons. The minimum absolute atomic E-state index is 0.128. The largest absolute Gasteiger partial charge is 0.320 e. The molecule has 2 aromatic rings. The second-order valence-corrected chi connectivity index (χ2v) is 5.56. The van der Waals surface area contributed by atoms with Gasteiger partial charge in [-0.15, -0.1) is 0 Å². The Bertz CT molecular complexity index is 601. The molecule has 0 aliphatic rings. The molecule has 1 N–H and O–H groups in total. The van der Waals surface area contributed by atoms with E-state index in [9.17, 15) is 4.79 Å². The molecule has 0 fully saturated rings. The Kier molecular flexibility index (Phi) is 4.34. The minimum Gasteiger partial charge on any atom is -0.320 e. The fraction of sp³-hybridized carbons (Fsp3) is 0.0769. The number of nitrogens with zero attached hydrogens (tertiary/aromatic N) is 1. The predicted molar refractivity (Wildman–Crippen MR) is 83.8 cm³/mol. The van der Waals surface area contributed by atoms with Crippen molar-refractivity contribution < 1.29 is 4.79 Å². The van der Waals surface area contributed by atoms with Gasteiger partial charge in [0.1, 0.15) is 4.60 Å². The molecule has 2 rings (SSSR count). The van der Waals surface area contributed by atoms with Crippen LogP contribution in [-0.4, -0.2) is 10.9 Å². The normalized spacial score (nSPS) is 10.2. The Balaban J connectivity index is 2.28. The third-order valence-electron chi connectivity index (χ3n) is 2.44. The summed E-state index contributed by atoms with van der Waals surface area (Å²) in [6.45, 7) is 1.98. The van der Waals surface area contributed by atoms with Crippen LogP contribution in [0.5, 0.6) is 0 Å². The summed E-state index contributed by atoms with van der Waals surface area (Å²) in [4.78, 5) is 16.2. The summed E-state index contributed by atoms with van der Waals surface area (Å²) in [5, 5.41) is 2.84. The molecule has 0 spiro atoms. The molecular weight excluding hydrogens is 407 g/mol. The van der Waals surface area contributed by atoms with Gasteiger partial charge in [-0.2, -0.15) is 0 Å². The lowest BCUT2D eigenvalue weighted by atomic mass is 10.1. The van der Waals surface area contributed by atoms with Crippen molar-refractivity contribution >= 4 is 50.1 Å². The lowest BCUT2D eigenvalue weighted by molar-refractivity contribution is 0.102. The number of carbonyl (C=O) groups is 1. The molecule has 1 heterocycles. The lowest BCUT2D eigenvalue weighted by Gasteiger charge is -2.09. The zero-order chi connectivity index (χ0) is 13.1. The van der Waals surface area contributed by atoms with E-state index in [1.54, 1.807) is 18.3 Å². The average Bonchev–Trinajstić information content (AvgIpc) is 2.35. The highest BCUT2D eigenvalue weighted by Crippen LogP contribution is 2.21. The number of aromatic nitrogens is 1. The van der Waals surface area contributed by atoms with Crippen LogP contribution in [0.25, 0.3) is 0 Å². The van der Waals surface area contributed by atoms with E-state index in [1.807, 2.05) is 25.1 Å². The van der Waals surface area contributed by atoms with Crippen LogP contribution in [0.2, 0.25) is 0 Å². The number of hydrogen-bond donors (Lipinski definition) is 1. The summed E-state index contributed by atoms with van der Waals surface area (Å²) >= 11 is 5.49. The van der Waals surface area contributed by atoms with Crippen LogP contribution < -0.4 is 5.32 Å². The minimum atomic E-state index is -0.128. The van der Waals surface area contributed by atoms with Gasteiger partial charge in [0, 0.05) is 9.77 Å². The van der Waals surface area contributed by atoms with Crippen molar-refractivity contribution in [1.29, 1.82) is 0 Å². The van der Waals surface area contributed by atoms with E-state index in [2.05, 4.69) is 48.8 Å². The van der Waals surface area contributed by atoms with Crippen LogP contribution in [0.3, 0.4) is 0 Å². The number of pyridine rings is 1. The fourth-order valence-electron chi connectivity index (χ4n) is 1.49. The smallest absolute Gasteiger partial charge is 0.256 e. The van der Waals surface area contributed by atoms with Gasteiger partial charge >= 0.3 is 0 Å². The summed E-state index contributed by atoms with van der Waals surface area (Å²) in [7, 11) is 0. The molecule has 1 amide bonds. The van der Waals surface area contributed by atoms with Gasteiger partial charge in [0.15, 0.2) is 0 Å². The van der Waals surface area contributed by atoms with Crippen molar-refractivity contribution in [1.82, 2.24) is 4.98 Å². The third kappa shape index (κ3) is 2.89. The number of anilines is 1. The van der Waals surface area contributed by atoms with Gasteiger partial charge in [-0.1, -0.05) is 12.1 Å². The van der Waals surface area contributed by atoms with Gasteiger partial charge in [-0.25, -0.2) is 4.98 Å². The number of nitrogens with one attached hydrogen (secondary N) is 1. The molecule has 1 aromatic heterocycles. The maximum absolute atomic E-state index is 12.2. The Morgan fingerprint density at radius 2 is 2.11 bits per heavy atom. The lowest BCUT2D eigenvalue weighted by Crippen LogP contribution is -2.14. The Hall–Kier alpha value is -0.950. The number of amides is 1. The molecule has 92 valence electrons. The van der Waals surface area contributed by atoms with Crippen LogP contribution in [0.4, 0.5) is 5.69 Å². The summed E-state index contributed by atoms with van der Waals surface area (Å²) in [6, 6.07) is 9.26. The second kappa shape index (κ2) is 5.79. The number of aryl methyl sites for hydroxylation is 1. The quantitative estimate of drug-likeness (QED) is 0.593. The Labute approximate surface area is 127 Å². The number of hydrogen-bond acceptors (Lipinski definition) is 2. The number of benzene rings is 1. The van der Waals surface area contributed by atoms with Crippen molar-refractivity contribution in [3.8, 4) is 0 Å². The van der Waals surface area contributed by atoms with Crippen molar-refractivity contribution in [2.75, 3.05) is 5.32 Å². The van der Waals surface area contributed by atoms with Crippen LogP contribution in [0.1, 0.15) is 15.9 Å². The molecule has 0 saturated heterocycles. The van der Waals surface area contributed by atoms with Crippen LogP contribution in [0.15, 0.2) is 41.1 Å². The van der Waals surface area contributed by atoms with E-state index in [1.165, 1.54) is 0 Å². The summed E-state index contributed by atoms with van der Waals surface area (Å²) in [5.74, 6) is -0.128. The molecule has 0 unspecified atom stereocenters. The summed E-state index contributed by atoms with van der Waals surface area (Å²) < 4.78 is 1.59. The van der Waals surface area contributed by atoms with E-state index in [0.717, 1.165) is 9.13 Å². The molecule has 0 aliphatic heterocycles. The van der Waals surface area contributed by atoms with Gasteiger partial charge in [0.25, 0.3) is 5.91 Å². The molecule has 3 nitrogen and oxygen atoms in total. The number of rotatable bonds is 2. The molecular formula is C13H10BrIN2O. The first-order chi connectivity index (χ1) is 8.59. The maximum atomic E-state index is 12.2. The highest BCUT2D eigenvalue weighted by molar-refractivity contribution is 14.1. The van der Waals surface area contributed by atoms with Crippen LogP contribution in [-0.2, 0) is 0 Å². The van der Waals surface area contributed by atoms with Gasteiger partial charge < -0.3 is 5.32 Å². The van der Waals surface area contributed by atoms with E-state index in [4.69, 9.17) is 0 Å². The topological polar surface area (TPSA) is 42.0 Å². The van der Waals surface area contributed by atoms with E-state index in [-0.39, 0.29) is 5.91 Å². The molecule has 5 heteroatoms. The third-order valence-corrected chi connectivity index (χ3v) is 4.51. The van der Waals surface area contributed by atoms with Gasteiger partial charge in [0.05, 0.1) is 11.3 Å². The molecule has 0 aliphatic carbocycles. The second-order valence-electron chi connectivity index (χ2n) is 3.73. The highest BCUT2D eigenvalue weighted by atomic mass is 127. The first kappa shape index (κ1) is 13.5. The maximum Gasteiger partial charge on any atom is 0.256 e. The summed E-state index contributed by atoms with van der Waals surface area (Å²) in [6.07, 6.45) is 1.66. The van der Waals surface area contributed by atoms with Gasteiger partial charge in [-0.3, -0.25) is 4.79 Å². The average molecular weight is 417 g/mol. The van der Waals surface area contributed by atoms with E-state index >= 15 is 0 Å². The van der Waals surface area contributed by atoms with Crippen molar-refractivity contribution in [2.24, 2.45) is 0 Å². The zero-order valence-corrected chi connectivity index (χ0v) is 13.3. The Morgan fingerprint density at radius 1 is 1.33 bits per heavy atom. The van der Waals surface area contributed by atoms with Gasteiger partial charge in [0.2, 0.25) is 0 Å². The SMILES string of the molecule is Cc1cccc(C(=O)Nc2cccnc2Br)c1I. The molecule has 0 bridgehead atoms. The predicted octanol–water partition coefficient (Wildman–Crippen LogP) is 4.01. The first-order valence-electron chi connectivity index (χ1n) is 5.26. The molecule has 18 heavy (non-hydrogen) atoms. The molecule has 0 atom stereocenters. The number of halogens is 2. The Morgan fingerprint density at radius 3 is 2.83 bits per heavy atom. The van der Waals surface area contributed by atoms with Crippen molar-refractivity contribution in [2.45, 2.75) is 6.92 Å². The number of carbonyl (C=O) groups excluding carboxylic acids is 1. The molecule has 1 aromatic carbocycles. The fourth-order valence-corrected chi connectivity index (χ4v) is 2.45. The first-order valence-corrected chi connectivity index (χ1v) is 7.14. The van der Waals surface area contributed by atoms with Crippen molar-refractivity contribution in [3.05, 3.63) is 55.8 Å². The van der Waals surface area contributed by atoms with Crippen molar-refractivity contribution in [3.63, 3.8) is 0 Å². The molecule has 0 saturated carbocycles. The van der Waals surface area contributed by atoms with Gasteiger partial charge in [-0.05, 0) is 69.2 Å². The van der Waals surface area contributed by atoms with Crippen LogP contribution in [0, 0.1) is 10.5 Å². The zero-order valence-electron chi connectivity index (χ0n) is 9.58. The van der Waals surface area contributed by atoms with Crippen LogP contribution >= 0.6 is 38.5 Å². The van der Waals surface area contributed by atoms with E-state index < -0.39 is 0 Å². The van der Waals surface area contributed by atoms with E-state index in [0.29, 0.717) is 15.9 Å². The highest BCUT2D eigenvalue weighted by Gasteiger charge is 2.12. The monoisotopic (exact) mass is 416 g/mol. The summed E-state index contributed by atoms with van der Waals surface area (Å²) in [5.41, 5.74) is 2.43.